The summed E-state index contributed by atoms with van der Waals surface area (Å²) < 4.78 is 10.7. The summed E-state index contributed by atoms with van der Waals surface area (Å²) in [5, 5.41) is 10.9. The van der Waals surface area contributed by atoms with Gasteiger partial charge in [-0.15, -0.1) is 0 Å². The lowest BCUT2D eigenvalue weighted by Crippen LogP contribution is -2.10. The van der Waals surface area contributed by atoms with Crippen molar-refractivity contribution in [2.75, 3.05) is 13.2 Å². The molecule has 2 aliphatic carbocycles. The summed E-state index contributed by atoms with van der Waals surface area (Å²) in [6.45, 7) is 7.91. The van der Waals surface area contributed by atoms with Gasteiger partial charge in [0, 0.05) is 66.9 Å². The first-order chi connectivity index (χ1) is 25.2. The van der Waals surface area contributed by atoms with Crippen LogP contribution in [-0.4, -0.2) is 64.3 Å². The Morgan fingerprint density at radius 3 is 1.98 bits per heavy atom. The molecule has 5 heterocycles. The summed E-state index contributed by atoms with van der Waals surface area (Å²) in [7, 11) is 0. The highest BCUT2D eigenvalue weighted by atomic mass is 79.9. The molecule has 0 N–H and O–H groups in total. The van der Waals surface area contributed by atoms with E-state index >= 15 is 0 Å². The Balaban J connectivity index is 0.000000135. The molecule has 3 aliphatic rings. The van der Waals surface area contributed by atoms with Crippen molar-refractivity contribution in [1.29, 1.82) is 0 Å². The quantitative estimate of drug-likeness (QED) is 0.158. The van der Waals surface area contributed by atoms with E-state index in [0.717, 1.165) is 75.7 Å². The maximum absolute atomic E-state index is 12.6. The van der Waals surface area contributed by atoms with Crippen molar-refractivity contribution in [3.05, 3.63) is 103 Å². The number of Topliss-reactive ketones (excluding diaryl/α,β-unsaturated/α-hetero) is 2. The monoisotopic (exact) mass is 848 g/mol. The van der Waals surface area contributed by atoms with E-state index in [1.807, 2.05) is 58.2 Å². The zero-order valence-corrected chi connectivity index (χ0v) is 33.0. The largest absolute Gasteiger partial charge is 0.381 e. The molecule has 1 unspecified atom stereocenters. The predicted octanol–water partition coefficient (Wildman–Crippen LogP) is 8.06. The molecule has 11 nitrogen and oxygen atoms in total. The Hall–Kier alpha value is -3.91. The van der Waals surface area contributed by atoms with Gasteiger partial charge in [0.25, 0.3) is 0 Å². The summed E-state index contributed by atoms with van der Waals surface area (Å²) in [4.78, 5) is 40.2. The number of halogens is 3. The fourth-order valence-corrected chi connectivity index (χ4v) is 7.33. The molecular formula is C38H39Br2ClN8O3. The first-order valence-electron chi connectivity index (χ1n) is 17.4. The third-order valence-electron chi connectivity index (χ3n) is 8.77. The van der Waals surface area contributed by atoms with Gasteiger partial charge in [0.05, 0.1) is 22.4 Å². The van der Waals surface area contributed by atoms with Crippen LogP contribution in [0.1, 0.15) is 73.4 Å². The number of aromatic nitrogens is 8. The second-order valence-corrected chi connectivity index (χ2v) is 14.9. The molecule has 52 heavy (non-hydrogen) atoms. The van der Waals surface area contributed by atoms with Crippen molar-refractivity contribution < 1.29 is 14.3 Å². The van der Waals surface area contributed by atoms with Crippen LogP contribution in [0.5, 0.6) is 0 Å². The molecule has 1 atom stereocenters. The molecule has 0 spiro atoms. The molecule has 0 radical (unpaired) electrons. The number of carbonyl (C=O) groups is 2. The zero-order valence-electron chi connectivity index (χ0n) is 29.1. The summed E-state index contributed by atoms with van der Waals surface area (Å²) in [6.07, 6.45) is 13.1. The second kappa shape index (κ2) is 17.7. The van der Waals surface area contributed by atoms with Gasteiger partial charge >= 0.3 is 0 Å². The Labute approximate surface area is 323 Å². The van der Waals surface area contributed by atoms with Crippen molar-refractivity contribution >= 4 is 77.1 Å². The van der Waals surface area contributed by atoms with Crippen molar-refractivity contribution in [3.8, 4) is 0 Å². The van der Waals surface area contributed by atoms with E-state index in [0.29, 0.717) is 41.5 Å². The topological polar surface area (TPSA) is 131 Å². The average Bonchev–Trinajstić information content (AvgIpc) is 3.96. The smallest absolute Gasteiger partial charge is 0.185 e. The molecule has 9 rings (SSSR count). The molecule has 0 bridgehead atoms. The molecule has 0 amide bonds. The Morgan fingerprint density at radius 2 is 1.35 bits per heavy atom. The summed E-state index contributed by atoms with van der Waals surface area (Å²) in [6, 6.07) is 12.0. The van der Waals surface area contributed by atoms with Crippen molar-refractivity contribution in [3.63, 3.8) is 0 Å². The SMILES string of the molecule is C1CCOC1.CCCn1cc2c(C3C(=O)Cc4ccc(Br)cc43)ncnc2n1.CCCn1cc2c(Cl)ncnc2n1.O=C1Cc2ccc(Br)cc2C1. The van der Waals surface area contributed by atoms with Crippen LogP contribution in [0.4, 0.5) is 0 Å². The standard InChI is InChI=1S/C17H15BrN4O.C9H7BrO.C8H9ClN4.C4H8O/c1-2-5-22-8-13-16(19-9-20-17(13)21-22)15-12-7-11(18)4-3-10(12)6-14(15)23;10-8-2-1-6-4-9(11)5-7(6)3-8;1-2-3-13-4-6-7(9)10-5-11-8(6)12-13;1-2-4-5-3-1/h3-4,7-9,15H,2,5-6H2,1H3;1-3H,4-5H2;4-5H,2-3H2,1H3;1-4H2. The number of rotatable bonds is 5. The number of carbonyl (C=O) groups excluding carboxylic acids is 2. The van der Waals surface area contributed by atoms with Crippen LogP contribution < -0.4 is 0 Å². The molecule has 6 aromatic rings. The van der Waals surface area contributed by atoms with E-state index in [4.69, 9.17) is 16.3 Å². The number of hydrogen-bond donors (Lipinski definition) is 0. The van der Waals surface area contributed by atoms with Crippen molar-refractivity contribution in [2.24, 2.45) is 0 Å². The maximum Gasteiger partial charge on any atom is 0.185 e. The van der Waals surface area contributed by atoms with Gasteiger partial charge < -0.3 is 4.74 Å². The van der Waals surface area contributed by atoms with Gasteiger partial charge in [-0.2, -0.15) is 10.2 Å². The molecular weight excluding hydrogens is 812 g/mol. The number of ether oxygens (including phenoxy) is 1. The molecule has 270 valence electrons. The molecule has 4 aromatic heterocycles. The van der Waals surface area contributed by atoms with Gasteiger partial charge in [-0.25, -0.2) is 19.9 Å². The van der Waals surface area contributed by atoms with E-state index in [1.54, 1.807) is 0 Å². The van der Waals surface area contributed by atoms with Crippen LogP contribution in [0, 0.1) is 0 Å². The molecule has 1 saturated heterocycles. The molecule has 2 aromatic carbocycles. The van der Waals surface area contributed by atoms with E-state index < -0.39 is 0 Å². The van der Waals surface area contributed by atoms with Crippen LogP contribution >= 0.6 is 43.5 Å². The van der Waals surface area contributed by atoms with Gasteiger partial charge in [0.1, 0.15) is 23.6 Å². The lowest BCUT2D eigenvalue weighted by atomic mass is 9.95. The molecule has 1 aliphatic heterocycles. The number of nitrogens with zero attached hydrogens (tertiary/aromatic N) is 8. The molecule has 1 fully saturated rings. The Morgan fingerprint density at radius 1 is 0.750 bits per heavy atom. The predicted molar refractivity (Wildman–Crippen MR) is 208 cm³/mol. The van der Waals surface area contributed by atoms with Crippen LogP contribution in [0.25, 0.3) is 22.1 Å². The lowest BCUT2D eigenvalue weighted by molar-refractivity contribution is -0.118. The Kier molecular flexibility index (Phi) is 12.9. The van der Waals surface area contributed by atoms with E-state index in [2.05, 4.69) is 75.8 Å². The highest BCUT2D eigenvalue weighted by molar-refractivity contribution is 9.10. The fourth-order valence-electron chi connectivity index (χ4n) is 6.36. The number of hydrogen-bond acceptors (Lipinski definition) is 9. The minimum Gasteiger partial charge on any atom is -0.381 e. The third-order valence-corrected chi connectivity index (χ3v) is 10.1. The molecule has 14 heteroatoms. The van der Waals surface area contributed by atoms with Crippen LogP contribution in [0.2, 0.25) is 5.15 Å². The van der Waals surface area contributed by atoms with Crippen LogP contribution in [0.15, 0.2) is 70.4 Å². The van der Waals surface area contributed by atoms with Crippen LogP contribution in [0.3, 0.4) is 0 Å². The number of benzene rings is 2. The van der Waals surface area contributed by atoms with Gasteiger partial charge in [0.2, 0.25) is 0 Å². The molecule has 0 saturated carbocycles. The van der Waals surface area contributed by atoms with Gasteiger partial charge in [0.15, 0.2) is 17.1 Å². The normalized spacial score (nSPS) is 15.8. The minimum absolute atomic E-state index is 0.182. The summed E-state index contributed by atoms with van der Waals surface area (Å²) in [5.74, 6) is 0.187. The third kappa shape index (κ3) is 9.17. The first kappa shape index (κ1) is 37.8. The number of aryl methyl sites for hydroxylation is 2. The lowest BCUT2D eigenvalue weighted by Gasteiger charge is -2.10. The van der Waals surface area contributed by atoms with Crippen molar-refractivity contribution in [1.82, 2.24) is 39.5 Å². The number of ketones is 2. The zero-order chi connectivity index (χ0) is 36.6. The highest BCUT2D eigenvalue weighted by Crippen LogP contribution is 2.38. The minimum atomic E-state index is -0.327. The van der Waals surface area contributed by atoms with E-state index in [-0.39, 0.29) is 11.7 Å². The second-order valence-electron chi connectivity index (χ2n) is 12.7. The van der Waals surface area contributed by atoms with E-state index in [1.165, 1.54) is 36.6 Å². The average molecular weight is 851 g/mol. The maximum atomic E-state index is 12.6. The summed E-state index contributed by atoms with van der Waals surface area (Å²) in [5.41, 5.74) is 6.57. The Bertz CT molecular complexity index is 2190. The highest BCUT2D eigenvalue weighted by Gasteiger charge is 2.34. The fraction of sp³-hybridized carbons (Fsp3) is 0.368. The van der Waals surface area contributed by atoms with Crippen LogP contribution in [-0.2, 0) is 46.7 Å². The van der Waals surface area contributed by atoms with Gasteiger partial charge in [-0.3, -0.25) is 19.0 Å². The van der Waals surface area contributed by atoms with Crippen molar-refractivity contribution in [2.45, 2.75) is 77.8 Å². The number of fused-ring (bicyclic) bond motifs is 4. The first-order valence-corrected chi connectivity index (χ1v) is 19.4. The van der Waals surface area contributed by atoms with Gasteiger partial charge in [-0.05, 0) is 72.2 Å². The summed E-state index contributed by atoms with van der Waals surface area (Å²) >= 11 is 12.7. The van der Waals surface area contributed by atoms with Gasteiger partial charge in [-0.1, -0.05) is 69.4 Å². The van der Waals surface area contributed by atoms with E-state index in [9.17, 15) is 9.59 Å².